The molecule has 0 aromatic carbocycles. The second-order valence-electron chi connectivity index (χ2n) is 4.29. The van der Waals surface area contributed by atoms with Crippen molar-refractivity contribution in [1.82, 2.24) is 4.81 Å². The third kappa shape index (κ3) is 1.72. The van der Waals surface area contributed by atoms with Crippen molar-refractivity contribution in [2.75, 3.05) is 13.2 Å². The highest BCUT2D eigenvalue weighted by Gasteiger charge is 2.41. The van der Waals surface area contributed by atoms with Gasteiger partial charge in [0.15, 0.2) is 0 Å². The zero-order valence-corrected chi connectivity index (χ0v) is 8.43. The first kappa shape index (κ1) is 10.1. The summed E-state index contributed by atoms with van der Waals surface area (Å²) in [6, 6.07) is 0.440. The van der Waals surface area contributed by atoms with Crippen LogP contribution in [0, 0.1) is 5.92 Å². The molecule has 5 heteroatoms. The first-order valence-corrected chi connectivity index (χ1v) is 5.21. The Kier molecular flexibility index (Phi) is 2.90. The molecule has 2 bridgehead atoms. The van der Waals surface area contributed by atoms with Gasteiger partial charge in [0.25, 0.3) is 0 Å². The molecule has 1 N–H and O–H groups in total. The van der Waals surface area contributed by atoms with Gasteiger partial charge >= 0.3 is 7.05 Å². The average molecular weight is 197 g/mol. The minimum Gasteiger partial charge on any atom is -0.437 e. The third-order valence-electron chi connectivity index (χ3n) is 3.24. The Labute approximate surface area is 84.4 Å². The van der Waals surface area contributed by atoms with Gasteiger partial charge in [0.2, 0.25) is 0 Å². The van der Waals surface area contributed by atoms with E-state index in [1.165, 1.54) is 0 Å². The van der Waals surface area contributed by atoms with Crippen molar-refractivity contribution in [1.29, 1.82) is 0 Å². The molecule has 3 atom stereocenters. The van der Waals surface area contributed by atoms with Crippen LogP contribution in [0.3, 0.4) is 0 Å². The van der Waals surface area contributed by atoms with Gasteiger partial charge in [-0.1, -0.05) is 0 Å². The van der Waals surface area contributed by atoms with Crippen LogP contribution in [0.2, 0.25) is 6.82 Å². The fourth-order valence-electron chi connectivity index (χ4n) is 2.71. The van der Waals surface area contributed by atoms with E-state index >= 15 is 0 Å². The zero-order valence-electron chi connectivity index (χ0n) is 8.43. The maximum atomic E-state index is 10.7. The first-order valence-electron chi connectivity index (χ1n) is 5.21. The van der Waals surface area contributed by atoms with Crippen molar-refractivity contribution in [3.8, 4) is 0 Å². The summed E-state index contributed by atoms with van der Waals surface area (Å²) in [6.45, 7) is 3.07. The number of rotatable bonds is 2. The van der Waals surface area contributed by atoms with Crippen molar-refractivity contribution in [3.05, 3.63) is 0 Å². The minimum absolute atomic E-state index is 0.156. The van der Waals surface area contributed by atoms with Gasteiger partial charge in [0.1, 0.15) is 6.29 Å². The van der Waals surface area contributed by atoms with E-state index in [0.29, 0.717) is 13.2 Å². The standard InChI is InChI=1S/C9H16BNO3/c1-10(13)11-8-2-7(4-12)3-9(11)6-14-5-8/h4,7-9,13H,2-3,5-6H2,1H3/t7-,8+,9-. The van der Waals surface area contributed by atoms with Gasteiger partial charge < -0.3 is 19.4 Å². The highest BCUT2D eigenvalue weighted by atomic mass is 16.5. The number of carbonyl (C=O) groups excluding carboxylic acids is 1. The number of aldehydes is 1. The summed E-state index contributed by atoms with van der Waals surface area (Å²) in [4.78, 5) is 12.8. The molecule has 2 aliphatic rings. The summed E-state index contributed by atoms with van der Waals surface area (Å²) in [7, 11) is -0.429. The molecule has 0 aromatic rings. The van der Waals surface area contributed by atoms with Crippen LogP contribution in [0.1, 0.15) is 12.8 Å². The molecule has 2 aliphatic heterocycles. The Morgan fingerprint density at radius 1 is 1.43 bits per heavy atom. The van der Waals surface area contributed by atoms with Crippen molar-refractivity contribution in [2.45, 2.75) is 31.7 Å². The molecule has 0 aliphatic carbocycles. The number of ether oxygens (including phenoxy) is 1. The lowest BCUT2D eigenvalue weighted by Crippen LogP contribution is -2.61. The number of fused-ring (bicyclic) bond motifs is 2. The van der Waals surface area contributed by atoms with Crippen LogP contribution in [-0.4, -0.2) is 48.5 Å². The summed E-state index contributed by atoms with van der Waals surface area (Å²) >= 11 is 0. The predicted octanol–water partition coefficient (Wildman–Crippen LogP) is -0.225. The fraction of sp³-hybridized carbons (Fsp3) is 0.889. The molecule has 78 valence electrons. The van der Waals surface area contributed by atoms with E-state index in [1.54, 1.807) is 6.82 Å². The lowest BCUT2D eigenvalue weighted by molar-refractivity contribution is -0.117. The molecule has 4 nitrogen and oxygen atoms in total. The molecule has 0 spiro atoms. The predicted molar refractivity (Wildman–Crippen MR) is 52.9 cm³/mol. The highest BCUT2D eigenvalue weighted by Crippen LogP contribution is 2.30. The number of morpholine rings is 1. The van der Waals surface area contributed by atoms with Crippen molar-refractivity contribution in [2.24, 2.45) is 5.92 Å². The molecule has 0 aromatic heterocycles. The third-order valence-corrected chi connectivity index (χ3v) is 3.24. The van der Waals surface area contributed by atoms with E-state index in [1.807, 2.05) is 0 Å². The van der Waals surface area contributed by atoms with Crippen LogP contribution in [0.4, 0.5) is 0 Å². The average Bonchev–Trinajstić information content (AvgIpc) is 2.15. The molecule has 0 amide bonds. The summed E-state index contributed by atoms with van der Waals surface area (Å²) in [5.74, 6) is 0.156. The highest BCUT2D eigenvalue weighted by molar-refractivity contribution is 6.45. The van der Waals surface area contributed by atoms with E-state index < -0.39 is 7.05 Å². The summed E-state index contributed by atoms with van der Waals surface area (Å²) < 4.78 is 5.44. The van der Waals surface area contributed by atoms with Crippen molar-refractivity contribution >= 4 is 13.3 Å². The largest absolute Gasteiger partial charge is 0.437 e. The van der Waals surface area contributed by atoms with Crippen LogP contribution in [0.25, 0.3) is 0 Å². The van der Waals surface area contributed by atoms with E-state index in [2.05, 4.69) is 4.81 Å². The monoisotopic (exact) mass is 197 g/mol. The Hall–Kier alpha value is -0.385. The zero-order chi connectivity index (χ0) is 10.1. The van der Waals surface area contributed by atoms with Crippen LogP contribution < -0.4 is 0 Å². The minimum atomic E-state index is -0.429. The second-order valence-corrected chi connectivity index (χ2v) is 4.29. The number of piperidine rings is 1. The number of nitrogens with zero attached hydrogens (tertiary/aromatic N) is 1. The van der Waals surface area contributed by atoms with Crippen LogP contribution in [0.5, 0.6) is 0 Å². The van der Waals surface area contributed by atoms with E-state index in [9.17, 15) is 9.82 Å². The summed E-state index contributed by atoms with van der Waals surface area (Å²) in [5.41, 5.74) is 0. The maximum Gasteiger partial charge on any atom is 0.377 e. The Bertz CT molecular complexity index is 210. The topological polar surface area (TPSA) is 49.8 Å². The Morgan fingerprint density at radius 2 is 2.00 bits per heavy atom. The number of hydrogen-bond donors (Lipinski definition) is 1. The van der Waals surface area contributed by atoms with Gasteiger partial charge in [-0.3, -0.25) is 0 Å². The summed E-state index contributed by atoms with van der Waals surface area (Å²) in [5, 5.41) is 9.62. The summed E-state index contributed by atoms with van der Waals surface area (Å²) in [6.07, 6.45) is 2.69. The van der Waals surface area contributed by atoms with E-state index in [-0.39, 0.29) is 18.0 Å². The van der Waals surface area contributed by atoms with Gasteiger partial charge in [-0.05, 0) is 19.7 Å². The van der Waals surface area contributed by atoms with Gasteiger partial charge in [-0.15, -0.1) is 0 Å². The van der Waals surface area contributed by atoms with Gasteiger partial charge in [-0.25, -0.2) is 0 Å². The molecule has 0 saturated carbocycles. The normalized spacial score (nSPS) is 38.0. The molecule has 2 fully saturated rings. The van der Waals surface area contributed by atoms with Gasteiger partial charge in [-0.2, -0.15) is 0 Å². The van der Waals surface area contributed by atoms with Crippen LogP contribution in [-0.2, 0) is 9.53 Å². The smallest absolute Gasteiger partial charge is 0.377 e. The quantitative estimate of drug-likeness (QED) is 0.491. The van der Waals surface area contributed by atoms with Crippen molar-refractivity contribution in [3.63, 3.8) is 0 Å². The van der Waals surface area contributed by atoms with Crippen molar-refractivity contribution < 1.29 is 14.6 Å². The molecule has 14 heavy (non-hydrogen) atoms. The first-order chi connectivity index (χ1) is 6.72. The van der Waals surface area contributed by atoms with Crippen LogP contribution in [0.15, 0.2) is 0 Å². The maximum absolute atomic E-state index is 10.7. The van der Waals surface area contributed by atoms with E-state index in [0.717, 1.165) is 19.1 Å². The number of hydrogen-bond acceptors (Lipinski definition) is 4. The molecule has 2 heterocycles. The molecular weight excluding hydrogens is 181 g/mol. The molecule has 2 rings (SSSR count). The SMILES string of the molecule is CB(O)N1[C@@H]2COC[C@H]1C[C@H](C=O)C2. The fourth-order valence-corrected chi connectivity index (χ4v) is 2.71. The lowest BCUT2D eigenvalue weighted by atomic mass is 9.74. The second kappa shape index (κ2) is 4.00. The molecule has 2 saturated heterocycles. The van der Waals surface area contributed by atoms with E-state index in [4.69, 9.17) is 4.74 Å². The number of carbonyl (C=O) groups is 1. The molecular formula is C9H16BNO3. The Balaban J connectivity index is 2.11. The van der Waals surface area contributed by atoms with Crippen LogP contribution >= 0.6 is 0 Å². The Morgan fingerprint density at radius 3 is 2.43 bits per heavy atom. The molecule has 0 radical (unpaired) electrons. The van der Waals surface area contributed by atoms with Gasteiger partial charge in [0.05, 0.1) is 13.2 Å². The lowest BCUT2D eigenvalue weighted by Gasteiger charge is -2.48. The van der Waals surface area contributed by atoms with Gasteiger partial charge in [0, 0.05) is 18.0 Å². The molecule has 0 unspecified atom stereocenters.